The molecule has 0 amide bonds. The lowest BCUT2D eigenvalue weighted by molar-refractivity contribution is 0.551. The highest BCUT2D eigenvalue weighted by atomic mass is 32.1. The zero-order valence-electron chi connectivity index (χ0n) is 9.53. The fourth-order valence-electron chi connectivity index (χ4n) is 3.12. The summed E-state index contributed by atoms with van der Waals surface area (Å²) in [4.78, 5) is 2.44. The van der Waals surface area contributed by atoms with Crippen LogP contribution in [0.4, 0.5) is 10.1 Å². The third-order valence-corrected chi connectivity index (χ3v) is 4.18. The molecule has 0 aromatic heterocycles. The van der Waals surface area contributed by atoms with E-state index in [1.54, 1.807) is 12.1 Å². The molecule has 2 atom stereocenters. The van der Waals surface area contributed by atoms with Gasteiger partial charge in [0, 0.05) is 23.8 Å². The summed E-state index contributed by atoms with van der Waals surface area (Å²) in [5, 5.41) is 0. The number of anilines is 1. The molecule has 1 aromatic carbocycles. The van der Waals surface area contributed by atoms with Crippen LogP contribution in [0.5, 0.6) is 0 Å². The maximum absolute atomic E-state index is 13.8. The lowest BCUT2D eigenvalue weighted by Gasteiger charge is -2.29. The van der Waals surface area contributed by atoms with Crippen molar-refractivity contribution in [2.24, 2.45) is 11.7 Å². The van der Waals surface area contributed by atoms with Gasteiger partial charge in [0.2, 0.25) is 0 Å². The van der Waals surface area contributed by atoms with E-state index in [0.717, 1.165) is 18.2 Å². The Morgan fingerprint density at radius 2 is 2.24 bits per heavy atom. The monoisotopic (exact) mass is 250 g/mol. The Balaban J connectivity index is 1.89. The number of rotatable bonds is 2. The van der Waals surface area contributed by atoms with Crippen LogP contribution in [0.3, 0.4) is 0 Å². The van der Waals surface area contributed by atoms with Crippen molar-refractivity contribution in [1.29, 1.82) is 0 Å². The van der Waals surface area contributed by atoms with Crippen molar-refractivity contribution < 1.29 is 4.39 Å². The second kappa shape index (κ2) is 3.95. The highest BCUT2D eigenvalue weighted by Crippen LogP contribution is 2.40. The van der Waals surface area contributed by atoms with E-state index in [-0.39, 0.29) is 10.8 Å². The molecule has 1 saturated heterocycles. The molecule has 0 spiro atoms. The molecular formula is C13H15FN2S. The minimum atomic E-state index is -0.308. The molecule has 3 rings (SSSR count). The van der Waals surface area contributed by atoms with Gasteiger partial charge < -0.3 is 10.6 Å². The molecule has 1 aliphatic carbocycles. The van der Waals surface area contributed by atoms with Gasteiger partial charge in [-0.3, -0.25) is 0 Å². The molecule has 1 saturated carbocycles. The maximum atomic E-state index is 13.8. The van der Waals surface area contributed by atoms with Crippen LogP contribution in [0, 0.1) is 11.7 Å². The van der Waals surface area contributed by atoms with E-state index >= 15 is 0 Å². The smallest absolute Gasteiger partial charge is 0.135 e. The van der Waals surface area contributed by atoms with Gasteiger partial charge in [0.1, 0.15) is 10.8 Å². The summed E-state index contributed by atoms with van der Waals surface area (Å²) in [5.74, 6) is 0.496. The van der Waals surface area contributed by atoms with Crippen molar-refractivity contribution in [3.8, 4) is 0 Å². The number of nitrogens with zero attached hydrogens (tertiary/aromatic N) is 1. The summed E-state index contributed by atoms with van der Waals surface area (Å²) in [6.07, 6.45) is 3.83. The fourth-order valence-corrected chi connectivity index (χ4v) is 3.29. The van der Waals surface area contributed by atoms with Crippen LogP contribution in [0.15, 0.2) is 18.2 Å². The van der Waals surface area contributed by atoms with E-state index in [9.17, 15) is 4.39 Å². The van der Waals surface area contributed by atoms with Gasteiger partial charge in [-0.05, 0) is 43.4 Å². The standard InChI is InChI=1S/C13H15FN2S/c14-12-6-10(3-4-11(12)13(15)17)16-7-8-1-2-9(16)5-8/h3-4,6,8-9H,1-2,5,7H2,(H2,15,17). The Morgan fingerprint density at radius 1 is 1.41 bits per heavy atom. The van der Waals surface area contributed by atoms with Crippen molar-refractivity contribution in [1.82, 2.24) is 0 Å². The number of benzene rings is 1. The zero-order chi connectivity index (χ0) is 12.0. The summed E-state index contributed by atoms with van der Waals surface area (Å²) < 4.78 is 13.8. The predicted octanol–water partition coefficient (Wildman–Crippen LogP) is 2.45. The van der Waals surface area contributed by atoms with Gasteiger partial charge in [-0.1, -0.05) is 12.2 Å². The Hall–Kier alpha value is -1.16. The molecule has 4 heteroatoms. The molecule has 2 bridgehead atoms. The van der Waals surface area contributed by atoms with Gasteiger partial charge in [-0.2, -0.15) is 0 Å². The lowest BCUT2D eigenvalue weighted by atomic mass is 10.1. The fraction of sp³-hybridized carbons (Fsp3) is 0.462. The summed E-state index contributed by atoms with van der Waals surface area (Å²) in [6.45, 7) is 1.07. The van der Waals surface area contributed by atoms with Crippen molar-refractivity contribution in [3.05, 3.63) is 29.6 Å². The number of fused-ring (bicyclic) bond motifs is 2. The molecule has 1 heterocycles. The third kappa shape index (κ3) is 1.80. The van der Waals surface area contributed by atoms with Gasteiger partial charge in [-0.25, -0.2) is 4.39 Å². The first-order chi connectivity index (χ1) is 8.15. The zero-order valence-corrected chi connectivity index (χ0v) is 10.3. The first-order valence-electron chi connectivity index (χ1n) is 6.01. The number of piperidine rings is 1. The molecule has 2 fully saturated rings. The van der Waals surface area contributed by atoms with Crippen molar-refractivity contribution in [2.45, 2.75) is 25.3 Å². The second-order valence-corrected chi connectivity index (χ2v) is 5.45. The van der Waals surface area contributed by atoms with Crippen LogP contribution in [-0.2, 0) is 0 Å². The average Bonchev–Trinajstić information content (AvgIpc) is 2.89. The van der Waals surface area contributed by atoms with Crippen LogP contribution >= 0.6 is 12.2 Å². The second-order valence-electron chi connectivity index (χ2n) is 5.01. The highest BCUT2D eigenvalue weighted by Gasteiger charge is 2.37. The van der Waals surface area contributed by atoms with E-state index in [2.05, 4.69) is 4.90 Å². The first kappa shape index (κ1) is 11.0. The summed E-state index contributed by atoms with van der Waals surface area (Å²) in [5.41, 5.74) is 6.76. The summed E-state index contributed by atoms with van der Waals surface area (Å²) >= 11 is 4.80. The number of nitrogens with two attached hydrogens (primary N) is 1. The quantitative estimate of drug-likeness (QED) is 0.818. The summed E-state index contributed by atoms with van der Waals surface area (Å²) in [6, 6.07) is 5.79. The van der Waals surface area contributed by atoms with E-state index < -0.39 is 0 Å². The Bertz CT molecular complexity index is 474. The van der Waals surface area contributed by atoms with E-state index in [1.165, 1.54) is 19.3 Å². The molecule has 1 aromatic rings. The Kier molecular flexibility index (Phi) is 2.54. The SMILES string of the molecule is NC(=S)c1ccc(N2CC3CCC2C3)cc1F. The molecule has 0 radical (unpaired) electrons. The number of hydrogen-bond donors (Lipinski definition) is 1. The minimum Gasteiger partial charge on any atom is -0.389 e. The number of thiocarbonyl (C=S) groups is 1. The molecular weight excluding hydrogens is 235 g/mol. The van der Waals surface area contributed by atoms with Crippen molar-refractivity contribution in [3.63, 3.8) is 0 Å². The summed E-state index contributed by atoms with van der Waals surface area (Å²) in [7, 11) is 0. The Morgan fingerprint density at radius 3 is 2.76 bits per heavy atom. The van der Waals surface area contributed by atoms with Gasteiger partial charge in [-0.15, -0.1) is 0 Å². The average molecular weight is 250 g/mol. The maximum Gasteiger partial charge on any atom is 0.135 e. The largest absolute Gasteiger partial charge is 0.389 e. The van der Waals surface area contributed by atoms with Crippen LogP contribution in [0.25, 0.3) is 0 Å². The van der Waals surface area contributed by atoms with Crippen LogP contribution in [-0.4, -0.2) is 17.6 Å². The topological polar surface area (TPSA) is 29.3 Å². The van der Waals surface area contributed by atoms with Crippen LogP contribution in [0.2, 0.25) is 0 Å². The van der Waals surface area contributed by atoms with Gasteiger partial charge in [0.15, 0.2) is 0 Å². The van der Waals surface area contributed by atoms with Crippen molar-refractivity contribution in [2.75, 3.05) is 11.4 Å². The number of halogens is 1. The van der Waals surface area contributed by atoms with E-state index in [0.29, 0.717) is 11.6 Å². The molecule has 2 aliphatic rings. The van der Waals surface area contributed by atoms with Crippen LogP contribution in [0.1, 0.15) is 24.8 Å². The van der Waals surface area contributed by atoms with Gasteiger partial charge in [0.25, 0.3) is 0 Å². The molecule has 2 nitrogen and oxygen atoms in total. The predicted molar refractivity (Wildman–Crippen MR) is 70.8 cm³/mol. The van der Waals surface area contributed by atoms with Crippen LogP contribution < -0.4 is 10.6 Å². The van der Waals surface area contributed by atoms with Crippen molar-refractivity contribution >= 4 is 22.9 Å². The minimum absolute atomic E-state index is 0.122. The third-order valence-electron chi connectivity index (χ3n) is 3.96. The van der Waals surface area contributed by atoms with E-state index in [4.69, 9.17) is 18.0 Å². The number of hydrogen-bond acceptors (Lipinski definition) is 2. The van der Waals surface area contributed by atoms with Gasteiger partial charge >= 0.3 is 0 Å². The Labute approximate surface area is 106 Å². The molecule has 17 heavy (non-hydrogen) atoms. The first-order valence-corrected chi connectivity index (χ1v) is 6.42. The van der Waals surface area contributed by atoms with E-state index in [1.807, 2.05) is 6.07 Å². The normalized spacial score (nSPS) is 26.5. The molecule has 90 valence electrons. The molecule has 1 aliphatic heterocycles. The molecule has 2 unspecified atom stereocenters. The highest BCUT2D eigenvalue weighted by molar-refractivity contribution is 7.80. The molecule has 2 N–H and O–H groups in total. The van der Waals surface area contributed by atoms with Gasteiger partial charge in [0.05, 0.1) is 0 Å². The lowest BCUT2D eigenvalue weighted by Crippen LogP contribution is -2.32.